The number of benzene rings is 2. The van der Waals surface area contributed by atoms with Gasteiger partial charge in [0.05, 0.1) is 6.20 Å². The highest BCUT2D eigenvalue weighted by atomic mass is 15.3. The Morgan fingerprint density at radius 3 is 2.60 bits per heavy atom. The average molecular weight is 333 g/mol. The summed E-state index contributed by atoms with van der Waals surface area (Å²) in [5.74, 6) is 1.30. The molecule has 1 N–H and O–H groups in total. The van der Waals surface area contributed by atoms with Crippen LogP contribution in [0.2, 0.25) is 0 Å². The van der Waals surface area contributed by atoms with Crippen molar-refractivity contribution in [1.82, 2.24) is 15.2 Å². The van der Waals surface area contributed by atoms with Gasteiger partial charge in [0.2, 0.25) is 5.95 Å². The van der Waals surface area contributed by atoms with Crippen LogP contribution in [0, 0.1) is 6.92 Å². The maximum absolute atomic E-state index is 4.62. The standard InChI is InChI=1S/C20H23N5/c1-4-17-12-8-9-15(2)19(17)23-20-22-18(13-21-24-20)25(3)14-16-10-6-5-7-11-16/h5-13H,4,14H2,1-3H3,(H,22,23,24). The van der Waals surface area contributed by atoms with Gasteiger partial charge in [-0.25, -0.2) is 0 Å². The van der Waals surface area contributed by atoms with Gasteiger partial charge in [-0.3, -0.25) is 0 Å². The minimum Gasteiger partial charge on any atom is -0.354 e. The van der Waals surface area contributed by atoms with Gasteiger partial charge in [0.15, 0.2) is 5.82 Å². The Morgan fingerprint density at radius 2 is 1.84 bits per heavy atom. The molecule has 0 radical (unpaired) electrons. The highest BCUT2D eigenvalue weighted by molar-refractivity contribution is 5.63. The van der Waals surface area contributed by atoms with Crippen LogP contribution in [-0.2, 0) is 13.0 Å². The molecule has 2 aromatic carbocycles. The molecule has 0 amide bonds. The lowest BCUT2D eigenvalue weighted by atomic mass is 10.1. The van der Waals surface area contributed by atoms with Crippen LogP contribution in [0.3, 0.4) is 0 Å². The first kappa shape index (κ1) is 16.9. The smallest absolute Gasteiger partial charge is 0.249 e. The highest BCUT2D eigenvalue weighted by Crippen LogP contribution is 2.24. The second-order valence-electron chi connectivity index (χ2n) is 6.07. The molecule has 0 atom stereocenters. The van der Waals surface area contributed by atoms with Crippen molar-refractivity contribution in [2.75, 3.05) is 17.3 Å². The van der Waals surface area contributed by atoms with Crippen molar-refractivity contribution >= 4 is 17.5 Å². The van der Waals surface area contributed by atoms with Crippen LogP contribution in [-0.4, -0.2) is 22.2 Å². The number of nitrogens with zero attached hydrogens (tertiary/aromatic N) is 4. The van der Waals surface area contributed by atoms with Crippen LogP contribution in [0.1, 0.15) is 23.6 Å². The summed E-state index contributed by atoms with van der Waals surface area (Å²) < 4.78 is 0. The summed E-state index contributed by atoms with van der Waals surface area (Å²) in [7, 11) is 2.01. The quantitative estimate of drug-likeness (QED) is 0.735. The molecule has 0 unspecified atom stereocenters. The molecule has 0 aliphatic heterocycles. The Kier molecular flexibility index (Phi) is 5.23. The average Bonchev–Trinajstić information content (AvgIpc) is 2.64. The van der Waals surface area contributed by atoms with E-state index in [0.29, 0.717) is 5.95 Å². The molecule has 0 fully saturated rings. The maximum atomic E-state index is 4.62. The summed E-state index contributed by atoms with van der Waals surface area (Å²) in [6, 6.07) is 16.6. The number of nitrogens with one attached hydrogen (secondary N) is 1. The first-order valence-electron chi connectivity index (χ1n) is 8.47. The second-order valence-corrected chi connectivity index (χ2v) is 6.07. The van der Waals surface area contributed by atoms with E-state index in [2.05, 4.69) is 69.6 Å². The SMILES string of the molecule is CCc1cccc(C)c1Nc1nncc(N(C)Cc2ccccc2)n1. The molecule has 5 heteroatoms. The zero-order valence-electron chi connectivity index (χ0n) is 14.9. The second kappa shape index (κ2) is 7.75. The molecule has 3 rings (SSSR count). The van der Waals surface area contributed by atoms with Crippen molar-refractivity contribution < 1.29 is 0 Å². The largest absolute Gasteiger partial charge is 0.354 e. The van der Waals surface area contributed by atoms with Crippen LogP contribution in [0.4, 0.5) is 17.5 Å². The zero-order chi connectivity index (χ0) is 17.6. The molecule has 128 valence electrons. The van der Waals surface area contributed by atoms with Crippen molar-refractivity contribution in [3.63, 3.8) is 0 Å². The summed E-state index contributed by atoms with van der Waals surface area (Å²) in [6.07, 6.45) is 2.64. The topological polar surface area (TPSA) is 53.9 Å². The van der Waals surface area contributed by atoms with Crippen LogP contribution < -0.4 is 10.2 Å². The number of aromatic nitrogens is 3. The van der Waals surface area contributed by atoms with Gasteiger partial charge in [0.25, 0.3) is 0 Å². The van der Waals surface area contributed by atoms with E-state index in [1.807, 2.05) is 25.2 Å². The molecule has 0 saturated heterocycles. The lowest BCUT2D eigenvalue weighted by Crippen LogP contribution is -2.18. The van der Waals surface area contributed by atoms with Gasteiger partial charge in [-0.2, -0.15) is 10.1 Å². The molecular formula is C20H23N5. The van der Waals surface area contributed by atoms with Gasteiger partial charge in [-0.1, -0.05) is 55.5 Å². The molecule has 1 aromatic heterocycles. The van der Waals surface area contributed by atoms with Crippen molar-refractivity contribution in [3.8, 4) is 0 Å². The van der Waals surface area contributed by atoms with Gasteiger partial charge >= 0.3 is 0 Å². The molecular weight excluding hydrogens is 310 g/mol. The third-order valence-corrected chi connectivity index (χ3v) is 4.18. The first-order valence-corrected chi connectivity index (χ1v) is 8.47. The van der Waals surface area contributed by atoms with Gasteiger partial charge in [-0.05, 0) is 30.0 Å². The van der Waals surface area contributed by atoms with Crippen molar-refractivity contribution in [3.05, 3.63) is 71.4 Å². The zero-order valence-corrected chi connectivity index (χ0v) is 14.9. The van der Waals surface area contributed by atoms with Crippen LogP contribution >= 0.6 is 0 Å². The molecule has 0 saturated carbocycles. The third-order valence-electron chi connectivity index (χ3n) is 4.18. The summed E-state index contributed by atoms with van der Waals surface area (Å²) in [5, 5.41) is 11.6. The normalized spacial score (nSPS) is 10.5. The fourth-order valence-corrected chi connectivity index (χ4v) is 2.78. The summed E-state index contributed by atoms with van der Waals surface area (Å²) in [5.41, 5.74) is 4.71. The predicted molar refractivity (Wildman–Crippen MR) is 102 cm³/mol. The Bertz CT molecular complexity index is 832. The number of rotatable bonds is 6. The van der Waals surface area contributed by atoms with Crippen molar-refractivity contribution in [2.24, 2.45) is 0 Å². The van der Waals surface area contributed by atoms with E-state index in [4.69, 9.17) is 0 Å². The Hall–Kier alpha value is -2.95. The molecule has 3 aromatic rings. The Labute approximate surface area is 148 Å². The van der Waals surface area contributed by atoms with E-state index in [0.717, 1.165) is 24.5 Å². The van der Waals surface area contributed by atoms with E-state index >= 15 is 0 Å². The summed E-state index contributed by atoms with van der Waals surface area (Å²) in [6.45, 7) is 4.99. The predicted octanol–water partition coefficient (Wildman–Crippen LogP) is 4.12. The lowest BCUT2D eigenvalue weighted by molar-refractivity contribution is 0.866. The first-order chi connectivity index (χ1) is 12.2. The minimum atomic E-state index is 0.515. The summed E-state index contributed by atoms with van der Waals surface area (Å²) in [4.78, 5) is 6.69. The Balaban J connectivity index is 1.80. The van der Waals surface area contributed by atoms with Crippen molar-refractivity contribution in [2.45, 2.75) is 26.8 Å². The molecule has 25 heavy (non-hydrogen) atoms. The van der Waals surface area contributed by atoms with Gasteiger partial charge in [0.1, 0.15) is 0 Å². The van der Waals surface area contributed by atoms with Crippen LogP contribution in [0.25, 0.3) is 0 Å². The molecule has 0 aliphatic rings. The minimum absolute atomic E-state index is 0.515. The fraction of sp³-hybridized carbons (Fsp3) is 0.250. The maximum Gasteiger partial charge on any atom is 0.249 e. The van der Waals surface area contributed by atoms with E-state index in [-0.39, 0.29) is 0 Å². The number of anilines is 3. The highest BCUT2D eigenvalue weighted by Gasteiger charge is 2.09. The number of para-hydroxylation sites is 1. The monoisotopic (exact) mass is 333 g/mol. The lowest BCUT2D eigenvalue weighted by Gasteiger charge is -2.18. The third kappa shape index (κ3) is 4.12. The van der Waals surface area contributed by atoms with Gasteiger partial charge < -0.3 is 10.2 Å². The molecule has 5 nitrogen and oxygen atoms in total. The van der Waals surface area contributed by atoms with E-state index in [9.17, 15) is 0 Å². The van der Waals surface area contributed by atoms with E-state index in [1.54, 1.807) is 6.20 Å². The van der Waals surface area contributed by atoms with Gasteiger partial charge in [0, 0.05) is 19.3 Å². The van der Waals surface area contributed by atoms with Crippen molar-refractivity contribution in [1.29, 1.82) is 0 Å². The number of hydrogen-bond acceptors (Lipinski definition) is 5. The summed E-state index contributed by atoms with van der Waals surface area (Å²) >= 11 is 0. The van der Waals surface area contributed by atoms with E-state index < -0.39 is 0 Å². The molecule has 0 aliphatic carbocycles. The molecule has 1 heterocycles. The number of aryl methyl sites for hydroxylation is 2. The fourth-order valence-electron chi connectivity index (χ4n) is 2.78. The van der Waals surface area contributed by atoms with Crippen LogP contribution in [0.15, 0.2) is 54.7 Å². The van der Waals surface area contributed by atoms with E-state index in [1.165, 1.54) is 16.7 Å². The van der Waals surface area contributed by atoms with Crippen LogP contribution in [0.5, 0.6) is 0 Å². The molecule has 0 spiro atoms. The number of hydrogen-bond donors (Lipinski definition) is 1. The Morgan fingerprint density at radius 1 is 1.04 bits per heavy atom. The van der Waals surface area contributed by atoms with Gasteiger partial charge in [-0.15, -0.1) is 5.10 Å². The molecule has 0 bridgehead atoms.